The molecule has 0 amide bonds. The second-order valence-electron chi connectivity index (χ2n) is 3.19. The highest BCUT2D eigenvalue weighted by atomic mass is 16.5. The molecule has 16 heavy (non-hydrogen) atoms. The van der Waals surface area contributed by atoms with Crippen LogP contribution in [0, 0.1) is 0 Å². The molecule has 0 aliphatic carbocycles. The van der Waals surface area contributed by atoms with E-state index in [1.165, 1.54) is 12.4 Å². The van der Waals surface area contributed by atoms with Crippen molar-refractivity contribution in [3.63, 3.8) is 0 Å². The molecule has 0 radical (unpaired) electrons. The molecule has 0 saturated heterocycles. The summed E-state index contributed by atoms with van der Waals surface area (Å²) in [7, 11) is 0. The molecule has 2 rings (SSSR count). The van der Waals surface area contributed by atoms with Crippen molar-refractivity contribution in [1.82, 2.24) is 9.97 Å². The van der Waals surface area contributed by atoms with Gasteiger partial charge in [-0.1, -0.05) is 18.2 Å². The lowest BCUT2D eigenvalue weighted by atomic mass is 10.2. The van der Waals surface area contributed by atoms with Crippen LogP contribution in [0.15, 0.2) is 36.7 Å². The number of benzene rings is 1. The van der Waals surface area contributed by atoms with Crippen LogP contribution in [-0.2, 0) is 6.54 Å². The van der Waals surface area contributed by atoms with E-state index in [9.17, 15) is 0 Å². The first-order valence-corrected chi connectivity index (χ1v) is 4.83. The Bertz CT molecular complexity index is 470. The molecule has 0 aliphatic rings. The molecule has 0 unspecified atom stereocenters. The summed E-state index contributed by atoms with van der Waals surface area (Å²) >= 11 is 0. The Labute approximate surface area is 93.1 Å². The second kappa shape index (κ2) is 4.59. The molecule has 1 aromatic carbocycles. The summed E-state index contributed by atoms with van der Waals surface area (Å²) < 4.78 is 5.59. The zero-order valence-corrected chi connectivity index (χ0v) is 8.63. The summed E-state index contributed by atoms with van der Waals surface area (Å²) in [6, 6.07) is 7.55. The molecule has 0 atom stereocenters. The molecule has 0 bridgehead atoms. The van der Waals surface area contributed by atoms with Gasteiger partial charge in [0.2, 0.25) is 5.95 Å². The first-order valence-electron chi connectivity index (χ1n) is 4.83. The van der Waals surface area contributed by atoms with E-state index in [1.807, 2.05) is 24.3 Å². The Hall–Kier alpha value is -2.14. The largest absolute Gasteiger partial charge is 0.454 e. The summed E-state index contributed by atoms with van der Waals surface area (Å²) in [4.78, 5) is 7.68. The maximum absolute atomic E-state index is 5.60. The molecule has 1 heterocycles. The summed E-state index contributed by atoms with van der Waals surface area (Å²) in [5.41, 5.74) is 11.9. The van der Waals surface area contributed by atoms with Gasteiger partial charge in [0.15, 0.2) is 5.75 Å². The number of aromatic nitrogens is 2. The summed E-state index contributed by atoms with van der Waals surface area (Å²) in [6.45, 7) is 0.423. The standard InChI is InChI=1S/C11H12N4O/c12-5-8-3-1-2-4-10(8)16-9-6-14-11(13)15-7-9/h1-4,6-7H,5,12H2,(H2,13,14,15). The van der Waals surface area contributed by atoms with Crippen molar-refractivity contribution in [2.45, 2.75) is 6.54 Å². The molecular weight excluding hydrogens is 204 g/mol. The Morgan fingerprint density at radius 2 is 1.81 bits per heavy atom. The van der Waals surface area contributed by atoms with Gasteiger partial charge < -0.3 is 16.2 Å². The van der Waals surface area contributed by atoms with Crippen molar-refractivity contribution in [1.29, 1.82) is 0 Å². The number of para-hydroxylation sites is 1. The second-order valence-corrected chi connectivity index (χ2v) is 3.19. The molecule has 5 heteroatoms. The molecule has 0 spiro atoms. The van der Waals surface area contributed by atoms with Gasteiger partial charge in [-0.3, -0.25) is 0 Å². The monoisotopic (exact) mass is 216 g/mol. The van der Waals surface area contributed by atoms with Crippen LogP contribution >= 0.6 is 0 Å². The lowest BCUT2D eigenvalue weighted by molar-refractivity contribution is 0.471. The van der Waals surface area contributed by atoms with E-state index in [4.69, 9.17) is 16.2 Å². The highest BCUT2D eigenvalue weighted by molar-refractivity contribution is 5.36. The van der Waals surface area contributed by atoms with Crippen LogP contribution < -0.4 is 16.2 Å². The quantitative estimate of drug-likeness (QED) is 0.807. The van der Waals surface area contributed by atoms with Gasteiger partial charge in [-0.05, 0) is 6.07 Å². The number of rotatable bonds is 3. The van der Waals surface area contributed by atoms with Gasteiger partial charge in [0, 0.05) is 12.1 Å². The molecular formula is C11H12N4O. The Kier molecular flexibility index (Phi) is 2.98. The van der Waals surface area contributed by atoms with E-state index in [-0.39, 0.29) is 5.95 Å². The highest BCUT2D eigenvalue weighted by Gasteiger charge is 2.03. The summed E-state index contributed by atoms with van der Waals surface area (Å²) in [6.07, 6.45) is 3.05. The first-order chi connectivity index (χ1) is 7.79. The van der Waals surface area contributed by atoms with Crippen LogP contribution in [0.25, 0.3) is 0 Å². The number of hydrogen-bond donors (Lipinski definition) is 2. The van der Waals surface area contributed by atoms with Gasteiger partial charge in [-0.2, -0.15) is 0 Å². The SMILES string of the molecule is NCc1ccccc1Oc1cnc(N)nc1. The Morgan fingerprint density at radius 1 is 1.12 bits per heavy atom. The van der Waals surface area contributed by atoms with Crippen LogP contribution in [0.4, 0.5) is 5.95 Å². The van der Waals surface area contributed by atoms with Gasteiger partial charge >= 0.3 is 0 Å². The lowest BCUT2D eigenvalue weighted by Crippen LogP contribution is -2.00. The summed E-state index contributed by atoms with van der Waals surface area (Å²) in [5, 5.41) is 0. The molecule has 4 N–H and O–H groups in total. The molecule has 1 aromatic heterocycles. The van der Waals surface area contributed by atoms with Crippen LogP contribution in [-0.4, -0.2) is 9.97 Å². The van der Waals surface area contributed by atoms with E-state index >= 15 is 0 Å². The fourth-order valence-corrected chi connectivity index (χ4v) is 1.28. The first kappa shape index (κ1) is 10.4. The third kappa shape index (κ3) is 2.26. The van der Waals surface area contributed by atoms with E-state index in [0.717, 1.165) is 5.56 Å². The average Bonchev–Trinajstić information content (AvgIpc) is 2.33. The minimum atomic E-state index is 0.222. The van der Waals surface area contributed by atoms with Crippen LogP contribution in [0.2, 0.25) is 0 Å². The van der Waals surface area contributed by atoms with Gasteiger partial charge in [0.05, 0.1) is 12.4 Å². The van der Waals surface area contributed by atoms with Crippen molar-refractivity contribution in [2.24, 2.45) is 5.73 Å². The van der Waals surface area contributed by atoms with E-state index in [1.54, 1.807) is 0 Å². The van der Waals surface area contributed by atoms with Gasteiger partial charge in [0.1, 0.15) is 5.75 Å². The third-order valence-corrected chi connectivity index (χ3v) is 2.07. The third-order valence-electron chi connectivity index (χ3n) is 2.07. The van der Waals surface area contributed by atoms with Gasteiger partial charge in [0.25, 0.3) is 0 Å². The molecule has 82 valence electrons. The molecule has 0 fully saturated rings. The maximum Gasteiger partial charge on any atom is 0.220 e. The number of nitrogens with two attached hydrogens (primary N) is 2. The maximum atomic E-state index is 5.60. The van der Waals surface area contributed by atoms with Crippen molar-refractivity contribution in [3.8, 4) is 11.5 Å². The fourth-order valence-electron chi connectivity index (χ4n) is 1.28. The number of nitrogen functional groups attached to an aromatic ring is 1. The molecule has 0 aliphatic heterocycles. The van der Waals surface area contributed by atoms with Gasteiger partial charge in [-0.25, -0.2) is 9.97 Å². The van der Waals surface area contributed by atoms with Crippen LogP contribution in [0.1, 0.15) is 5.56 Å². The average molecular weight is 216 g/mol. The van der Waals surface area contributed by atoms with Crippen molar-refractivity contribution in [3.05, 3.63) is 42.2 Å². The molecule has 5 nitrogen and oxygen atoms in total. The van der Waals surface area contributed by atoms with E-state index < -0.39 is 0 Å². The lowest BCUT2D eigenvalue weighted by Gasteiger charge is -2.08. The Balaban J connectivity index is 2.23. The highest BCUT2D eigenvalue weighted by Crippen LogP contribution is 2.23. The molecule has 2 aromatic rings. The zero-order chi connectivity index (χ0) is 11.4. The molecule has 0 saturated carbocycles. The number of ether oxygens (including phenoxy) is 1. The zero-order valence-electron chi connectivity index (χ0n) is 8.63. The van der Waals surface area contributed by atoms with Crippen molar-refractivity contribution < 1.29 is 4.74 Å². The number of nitrogens with zero attached hydrogens (tertiary/aromatic N) is 2. The number of hydrogen-bond acceptors (Lipinski definition) is 5. The normalized spacial score (nSPS) is 10.1. The van der Waals surface area contributed by atoms with Gasteiger partial charge in [-0.15, -0.1) is 0 Å². The topological polar surface area (TPSA) is 87.0 Å². The smallest absolute Gasteiger partial charge is 0.220 e. The number of anilines is 1. The van der Waals surface area contributed by atoms with Crippen molar-refractivity contribution >= 4 is 5.95 Å². The predicted molar refractivity (Wildman–Crippen MR) is 60.9 cm³/mol. The fraction of sp³-hybridized carbons (Fsp3) is 0.0909. The summed E-state index contributed by atoms with van der Waals surface area (Å²) in [5.74, 6) is 1.47. The Morgan fingerprint density at radius 3 is 2.50 bits per heavy atom. The van der Waals surface area contributed by atoms with Crippen molar-refractivity contribution in [2.75, 3.05) is 5.73 Å². The minimum absolute atomic E-state index is 0.222. The predicted octanol–water partition coefficient (Wildman–Crippen LogP) is 1.31. The van der Waals surface area contributed by atoms with Crippen LogP contribution in [0.5, 0.6) is 11.5 Å². The van der Waals surface area contributed by atoms with Crippen LogP contribution in [0.3, 0.4) is 0 Å². The minimum Gasteiger partial charge on any atom is -0.454 e. The van der Waals surface area contributed by atoms with E-state index in [0.29, 0.717) is 18.0 Å². The van der Waals surface area contributed by atoms with E-state index in [2.05, 4.69) is 9.97 Å².